The largest absolute Gasteiger partial charge is 0.388 e. The van der Waals surface area contributed by atoms with Crippen molar-refractivity contribution in [2.45, 2.75) is 39.2 Å². The molecule has 23 heavy (non-hydrogen) atoms. The lowest BCUT2D eigenvalue weighted by Gasteiger charge is -2.21. The van der Waals surface area contributed by atoms with Crippen LogP contribution < -0.4 is 16.0 Å². The monoisotopic (exact) mass is 341 g/mol. The molecule has 0 radical (unpaired) electrons. The van der Waals surface area contributed by atoms with Crippen LogP contribution in [0.15, 0.2) is 18.2 Å². The molecule has 1 rings (SSSR count). The lowest BCUT2D eigenvalue weighted by molar-refractivity contribution is 0.0587. The van der Waals surface area contributed by atoms with Crippen LogP contribution in [0, 0.1) is 0 Å². The maximum absolute atomic E-state index is 11.9. The second-order valence-corrected chi connectivity index (χ2v) is 6.02. The summed E-state index contributed by atoms with van der Waals surface area (Å²) in [5.74, 6) is -0.244. The number of urea groups is 1. The number of amides is 3. The molecule has 4 N–H and O–H groups in total. The fraction of sp³-hybridized carbons (Fsp3) is 0.500. The molecule has 0 aromatic heterocycles. The van der Waals surface area contributed by atoms with Gasteiger partial charge in [0.15, 0.2) is 0 Å². The molecule has 0 unspecified atom stereocenters. The third-order valence-corrected chi connectivity index (χ3v) is 3.71. The van der Waals surface area contributed by atoms with E-state index in [2.05, 4.69) is 16.0 Å². The molecule has 0 saturated heterocycles. The molecule has 0 heterocycles. The van der Waals surface area contributed by atoms with Crippen molar-refractivity contribution < 1.29 is 14.7 Å². The Morgan fingerprint density at radius 3 is 2.52 bits per heavy atom. The zero-order valence-electron chi connectivity index (χ0n) is 13.7. The van der Waals surface area contributed by atoms with Crippen molar-refractivity contribution in [1.82, 2.24) is 10.6 Å². The summed E-state index contributed by atoms with van der Waals surface area (Å²) in [4.78, 5) is 23.7. The first kappa shape index (κ1) is 19.3. The molecule has 6 nitrogen and oxygen atoms in total. The minimum absolute atomic E-state index is 0.139. The van der Waals surface area contributed by atoms with Crippen LogP contribution in [0.1, 0.15) is 44.0 Å². The van der Waals surface area contributed by atoms with Crippen LogP contribution >= 0.6 is 11.6 Å². The molecule has 0 saturated carbocycles. The van der Waals surface area contributed by atoms with Crippen LogP contribution in [-0.4, -0.2) is 35.7 Å². The van der Waals surface area contributed by atoms with Gasteiger partial charge in [-0.2, -0.15) is 0 Å². The lowest BCUT2D eigenvalue weighted by atomic mass is 10.0. The van der Waals surface area contributed by atoms with E-state index in [1.54, 1.807) is 19.1 Å². The molecule has 7 heteroatoms. The Morgan fingerprint density at radius 2 is 1.96 bits per heavy atom. The van der Waals surface area contributed by atoms with E-state index in [9.17, 15) is 14.7 Å². The van der Waals surface area contributed by atoms with Gasteiger partial charge in [0.05, 0.1) is 16.2 Å². The number of carbonyl (C=O) groups excluding carboxylic acids is 2. The van der Waals surface area contributed by atoms with E-state index in [-0.39, 0.29) is 17.5 Å². The van der Waals surface area contributed by atoms with Crippen molar-refractivity contribution in [3.8, 4) is 0 Å². The minimum Gasteiger partial charge on any atom is -0.388 e. The third-order valence-electron chi connectivity index (χ3n) is 3.40. The summed E-state index contributed by atoms with van der Waals surface area (Å²) in [6, 6.07) is 4.23. The summed E-state index contributed by atoms with van der Waals surface area (Å²) in [6.45, 7) is 6.16. The van der Waals surface area contributed by atoms with Crippen molar-refractivity contribution in [2.24, 2.45) is 0 Å². The quantitative estimate of drug-likeness (QED) is 0.614. The smallest absolute Gasteiger partial charge is 0.319 e. The Hall–Kier alpha value is -1.79. The number of hydrogen-bond acceptors (Lipinski definition) is 3. The SMILES string of the molecule is CCCNC(=O)c1ccc(NC(=O)NC[C@](C)(O)CC)cc1Cl. The van der Waals surface area contributed by atoms with Gasteiger partial charge in [-0.25, -0.2) is 4.79 Å². The molecule has 0 aliphatic rings. The second kappa shape index (κ2) is 8.74. The van der Waals surface area contributed by atoms with Crippen molar-refractivity contribution in [3.63, 3.8) is 0 Å². The van der Waals surface area contributed by atoms with E-state index >= 15 is 0 Å². The molecule has 1 aromatic carbocycles. The van der Waals surface area contributed by atoms with Gasteiger partial charge in [-0.15, -0.1) is 0 Å². The first-order valence-electron chi connectivity index (χ1n) is 7.64. The van der Waals surface area contributed by atoms with E-state index in [0.29, 0.717) is 24.2 Å². The molecular weight excluding hydrogens is 318 g/mol. The average molecular weight is 342 g/mol. The molecule has 0 fully saturated rings. The number of aliphatic hydroxyl groups is 1. The molecule has 0 aliphatic heterocycles. The molecule has 0 aliphatic carbocycles. The van der Waals surface area contributed by atoms with Gasteiger partial charge in [-0.1, -0.05) is 25.4 Å². The number of hydrogen-bond donors (Lipinski definition) is 4. The van der Waals surface area contributed by atoms with Gasteiger partial charge in [-0.3, -0.25) is 4.79 Å². The number of rotatable bonds is 7. The standard InChI is InChI=1S/C16H24ClN3O3/c1-4-8-18-14(21)12-7-6-11(9-13(12)17)20-15(22)19-10-16(3,23)5-2/h6-7,9,23H,4-5,8,10H2,1-3H3,(H,18,21)(H2,19,20,22)/t16-/m1/s1. The molecule has 0 bridgehead atoms. The van der Waals surface area contributed by atoms with Crippen LogP contribution in [-0.2, 0) is 0 Å². The van der Waals surface area contributed by atoms with Crippen LogP contribution in [0.5, 0.6) is 0 Å². The highest BCUT2D eigenvalue weighted by Crippen LogP contribution is 2.21. The van der Waals surface area contributed by atoms with Gasteiger partial charge in [0.2, 0.25) is 0 Å². The first-order chi connectivity index (χ1) is 10.8. The Kier molecular flexibility index (Phi) is 7.32. The minimum atomic E-state index is -0.948. The van der Waals surface area contributed by atoms with Gasteiger partial charge in [0, 0.05) is 18.8 Å². The number of anilines is 1. The van der Waals surface area contributed by atoms with Crippen LogP contribution in [0.2, 0.25) is 5.02 Å². The topological polar surface area (TPSA) is 90.5 Å². The van der Waals surface area contributed by atoms with E-state index in [1.807, 2.05) is 13.8 Å². The van der Waals surface area contributed by atoms with Crippen molar-refractivity contribution >= 4 is 29.2 Å². The Labute approximate surface area is 141 Å². The fourth-order valence-electron chi connectivity index (χ4n) is 1.68. The van der Waals surface area contributed by atoms with E-state index < -0.39 is 11.6 Å². The summed E-state index contributed by atoms with van der Waals surface area (Å²) in [5.41, 5.74) is -0.119. The summed E-state index contributed by atoms with van der Waals surface area (Å²) < 4.78 is 0. The summed E-state index contributed by atoms with van der Waals surface area (Å²) in [7, 11) is 0. The zero-order chi connectivity index (χ0) is 17.5. The number of carbonyl (C=O) groups is 2. The molecule has 1 atom stereocenters. The average Bonchev–Trinajstić information content (AvgIpc) is 2.51. The maximum atomic E-state index is 11.9. The van der Waals surface area contributed by atoms with Gasteiger partial charge in [0.1, 0.15) is 0 Å². The fourth-order valence-corrected chi connectivity index (χ4v) is 1.95. The van der Waals surface area contributed by atoms with E-state index in [1.165, 1.54) is 6.07 Å². The van der Waals surface area contributed by atoms with Crippen LogP contribution in [0.3, 0.4) is 0 Å². The second-order valence-electron chi connectivity index (χ2n) is 5.61. The summed E-state index contributed by atoms with van der Waals surface area (Å²) in [6.07, 6.45) is 1.37. The number of benzene rings is 1. The lowest BCUT2D eigenvalue weighted by Crippen LogP contribution is -2.41. The number of halogens is 1. The van der Waals surface area contributed by atoms with Crippen molar-refractivity contribution in [2.75, 3.05) is 18.4 Å². The molecular formula is C16H24ClN3O3. The maximum Gasteiger partial charge on any atom is 0.319 e. The highest BCUT2D eigenvalue weighted by molar-refractivity contribution is 6.34. The Balaban J connectivity index is 2.64. The van der Waals surface area contributed by atoms with Gasteiger partial charge in [0.25, 0.3) is 5.91 Å². The highest BCUT2D eigenvalue weighted by atomic mass is 35.5. The highest BCUT2D eigenvalue weighted by Gasteiger charge is 2.18. The predicted octanol–water partition coefficient (Wildman–Crippen LogP) is 2.76. The first-order valence-corrected chi connectivity index (χ1v) is 8.02. The molecule has 128 valence electrons. The van der Waals surface area contributed by atoms with E-state index in [0.717, 1.165) is 6.42 Å². The van der Waals surface area contributed by atoms with Crippen molar-refractivity contribution in [3.05, 3.63) is 28.8 Å². The number of nitrogens with one attached hydrogen (secondary N) is 3. The molecule has 1 aromatic rings. The predicted molar refractivity (Wildman–Crippen MR) is 92.0 cm³/mol. The van der Waals surface area contributed by atoms with Crippen LogP contribution in [0.25, 0.3) is 0 Å². The van der Waals surface area contributed by atoms with E-state index in [4.69, 9.17) is 11.6 Å². The zero-order valence-corrected chi connectivity index (χ0v) is 14.5. The Bertz CT molecular complexity index is 562. The van der Waals surface area contributed by atoms with Gasteiger partial charge in [-0.05, 0) is 38.0 Å². The van der Waals surface area contributed by atoms with Crippen LogP contribution in [0.4, 0.5) is 10.5 Å². The normalized spacial score (nSPS) is 13.1. The summed E-state index contributed by atoms with van der Waals surface area (Å²) >= 11 is 6.09. The van der Waals surface area contributed by atoms with Gasteiger partial charge < -0.3 is 21.1 Å². The third kappa shape index (κ3) is 6.46. The molecule has 0 spiro atoms. The van der Waals surface area contributed by atoms with Gasteiger partial charge >= 0.3 is 6.03 Å². The Morgan fingerprint density at radius 1 is 1.26 bits per heavy atom. The molecule has 3 amide bonds. The van der Waals surface area contributed by atoms with Crippen molar-refractivity contribution in [1.29, 1.82) is 0 Å². The summed E-state index contributed by atoms with van der Waals surface area (Å²) in [5, 5.41) is 18.0.